The quantitative estimate of drug-likeness (QED) is 0.282. The summed E-state index contributed by atoms with van der Waals surface area (Å²) in [5, 5.41) is -0.248. The summed E-state index contributed by atoms with van der Waals surface area (Å²) in [5.74, 6) is -2.88. The van der Waals surface area contributed by atoms with E-state index in [0.717, 1.165) is 18.3 Å². The Bertz CT molecular complexity index is 1230. The number of halogens is 2. The minimum absolute atomic E-state index is 0.166. The molecule has 2 heterocycles. The molecule has 8 nitrogen and oxygen atoms in total. The van der Waals surface area contributed by atoms with Crippen LogP contribution in [0, 0.1) is 11.6 Å². The van der Waals surface area contributed by atoms with Crippen molar-refractivity contribution in [3.63, 3.8) is 0 Å². The number of urea groups is 1. The van der Waals surface area contributed by atoms with Gasteiger partial charge in [-0.2, -0.15) is 4.99 Å². The summed E-state index contributed by atoms with van der Waals surface area (Å²) >= 11 is 0. The van der Waals surface area contributed by atoms with Gasteiger partial charge in [0.05, 0.1) is 11.1 Å². The molecule has 1 aliphatic rings. The Morgan fingerprint density at radius 2 is 1.53 bits per heavy atom. The van der Waals surface area contributed by atoms with Crippen molar-refractivity contribution in [2.45, 2.75) is 0 Å². The molecular formula is C22H19F2N5O3. The molecule has 4 rings (SSSR count). The van der Waals surface area contributed by atoms with Gasteiger partial charge in [0.2, 0.25) is 0 Å². The number of aromatic nitrogens is 1. The number of amidine groups is 1. The Labute approximate surface area is 181 Å². The van der Waals surface area contributed by atoms with Crippen molar-refractivity contribution < 1.29 is 23.2 Å². The summed E-state index contributed by atoms with van der Waals surface area (Å²) in [7, 11) is 0. The molecule has 0 unspecified atom stereocenters. The second-order valence-electron chi connectivity index (χ2n) is 7.23. The molecule has 3 aromatic rings. The van der Waals surface area contributed by atoms with E-state index in [-0.39, 0.29) is 29.6 Å². The van der Waals surface area contributed by atoms with E-state index in [2.05, 4.69) is 9.98 Å². The normalized spacial score (nSPS) is 14.6. The highest BCUT2D eigenvalue weighted by Crippen LogP contribution is 2.25. The first-order chi connectivity index (χ1) is 15.4. The van der Waals surface area contributed by atoms with E-state index >= 15 is 0 Å². The van der Waals surface area contributed by atoms with Gasteiger partial charge in [0, 0.05) is 43.3 Å². The molecule has 0 bridgehead atoms. The van der Waals surface area contributed by atoms with Gasteiger partial charge in [-0.3, -0.25) is 9.59 Å². The van der Waals surface area contributed by atoms with Crippen LogP contribution in [0.2, 0.25) is 0 Å². The molecular weight excluding hydrogens is 420 g/mol. The van der Waals surface area contributed by atoms with Crippen LogP contribution in [-0.2, 0) is 4.79 Å². The minimum Gasteiger partial charge on any atom is -0.358 e. The second kappa shape index (κ2) is 8.58. The fraction of sp³-hybridized carbons (Fsp3) is 0.182. The van der Waals surface area contributed by atoms with E-state index in [9.17, 15) is 23.2 Å². The number of rotatable bonds is 3. The van der Waals surface area contributed by atoms with Crippen LogP contribution in [0.1, 0.15) is 15.9 Å². The number of hydrogen-bond acceptors (Lipinski definition) is 3. The molecule has 1 aliphatic heterocycles. The van der Waals surface area contributed by atoms with Gasteiger partial charge in [-0.1, -0.05) is 30.3 Å². The number of nitrogens with one attached hydrogen (secondary N) is 1. The van der Waals surface area contributed by atoms with Crippen molar-refractivity contribution in [2.24, 2.45) is 10.7 Å². The lowest BCUT2D eigenvalue weighted by atomic mass is 10.1. The smallest absolute Gasteiger partial charge is 0.340 e. The van der Waals surface area contributed by atoms with E-state index in [4.69, 9.17) is 5.73 Å². The summed E-state index contributed by atoms with van der Waals surface area (Å²) in [6.45, 7) is 0.955. The Balaban J connectivity index is 1.51. The van der Waals surface area contributed by atoms with E-state index < -0.39 is 29.4 Å². The van der Waals surface area contributed by atoms with Gasteiger partial charge in [0.1, 0.15) is 17.5 Å². The number of ketones is 1. The van der Waals surface area contributed by atoms with Crippen molar-refractivity contribution >= 4 is 34.5 Å². The Kier molecular flexibility index (Phi) is 5.67. The van der Waals surface area contributed by atoms with Crippen LogP contribution in [0.15, 0.2) is 53.7 Å². The van der Waals surface area contributed by atoms with E-state index in [0.29, 0.717) is 24.5 Å². The standard InChI is InChI=1S/C22H19F2N5O3/c23-15-6-7-16(24)18-17(15)14(12-26-18)19(30)21(31)29-10-8-28(9-11-29)20(27-22(25)32)13-4-2-1-3-5-13/h1-7,12,26H,8-11H2,(H2,25,32)/b27-20+. The van der Waals surface area contributed by atoms with E-state index in [1.165, 1.54) is 4.90 Å². The lowest BCUT2D eigenvalue weighted by molar-refractivity contribution is -0.127. The van der Waals surface area contributed by atoms with Crippen LogP contribution in [-0.4, -0.2) is 64.5 Å². The number of H-pyrrole nitrogens is 1. The van der Waals surface area contributed by atoms with Crippen LogP contribution < -0.4 is 5.73 Å². The van der Waals surface area contributed by atoms with Crippen molar-refractivity contribution in [2.75, 3.05) is 26.2 Å². The zero-order chi connectivity index (χ0) is 22.8. The summed E-state index contributed by atoms with van der Waals surface area (Å²) in [4.78, 5) is 46.5. The van der Waals surface area contributed by atoms with Crippen molar-refractivity contribution in [1.82, 2.24) is 14.8 Å². The molecule has 1 fully saturated rings. The van der Waals surface area contributed by atoms with Crippen LogP contribution >= 0.6 is 0 Å². The number of piperazine rings is 1. The highest BCUT2D eigenvalue weighted by atomic mass is 19.1. The number of primary amides is 1. The maximum absolute atomic E-state index is 14.2. The number of aliphatic imine (C=N–C) groups is 1. The fourth-order valence-electron chi connectivity index (χ4n) is 3.74. The van der Waals surface area contributed by atoms with E-state index in [1.54, 1.807) is 29.2 Å². The van der Waals surface area contributed by atoms with Crippen LogP contribution in [0.25, 0.3) is 10.9 Å². The highest BCUT2D eigenvalue weighted by molar-refractivity contribution is 6.44. The third kappa shape index (κ3) is 3.94. The number of Topliss-reactive ketones (excluding diaryl/α,β-unsaturated/α-hetero) is 1. The van der Waals surface area contributed by atoms with Gasteiger partial charge < -0.3 is 20.5 Å². The molecule has 10 heteroatoms. The predicted molar refractivity (Wildman–Crippen MR) is 113 cm³/mol. The Morgan fingerprint density at radius 1 is 0.906 bits per heavy atom. The number of nitrogens with two attached hydrogens (primary N) is 1. The minimum atomic E-state index is -0.928. The van der Waals surface area contributed by atoms with E-state index in [1.807, 2.05) is 6.07 Å². The SMILES string of the molecule is NC(=O)/N=C(\c1ccccc1)N1CCN(C(=O)C(=O)c2c[nH]c3c(F)ccc(F)c23)CC1. The number of aromatic amines is 1. The maximum Gasteiger partial charge on any atom is 0.340 e. The monoisotopic (exact) mass is 439 g/mol. The first kappa shape index (κ1) is 21.2. The molecule has 164 valence electrons. The third-order valence-corrected chi connectivity index (χ3v) is 5.29. The van der Waals surface area contributed by atoms with Crippen LogP contribution in [0.3, 0.4) is 0 Å². The number of nitrogens with zero attached hydrogens (tertiary/aromatic N) is 3. The summed E-state index contributed by atoms with van der Waals surface area (Å²) in [6.07, 6.45) is 1.14. The summed E-state index contributed by atoms with van der Waals surface area (Å²) < 4.78 is 28.1. The molecule has 3 N–H and O–H groups in total. The van der Waals surface area contributed by atoms with Crippen molar-refractivity contribution in [3.8, 4) is 0 Å². The zero-order valence-electron chi connectivity index (χ0n) is 16.8. The number of carbonyl (C=O) groups is 3. The van der Waals surface area contributed by atoms with Gasteiger partial charge in [0.15, 0.2) is 0 Å². The molecule has 0 saturated carbocycles. The van der Waals surface area contributed by atoms with Crippen molar-refractivity contribution in [1.29, 1.82) is 0 Å². The molecule has 0 radical (unpaired) electrons. The number of fused-ring (bicyclic) bond motifs is 1. The predicted octanol–water partition coefficient (Wildman–Crippen LogP) is 2.30. The lowest BCUT2D eigenvalue weighted by Crippen LogP contribution is -2.52. The first-order valence-corrected chi connectivity index (χ1v) is 9.84. The zero-order valence-corrected chi connectivity index (χ0v) is 16.8. The van der Waals surface area contributed by atoms with Gasteiger partial charge in [-0.15, -0.1) is 0 Å². The topological polar surface area (TPSA) is 112 Å². The summed E-state index contributed by atoms with van der Waals surface area (Å²) in [6, 6.07) is 10.0. The molecule has 2 aromatic carbocycles. The molecule has 0 aliphatic carbocycles. The Morgan fingerprint density at radius 3 is 2.19 bits per heavy atom. The average molecular weight is 439 g/mol. The molecule has 1 saturated heterocycles. The van der Waals surface area contributed by atoms with Crippen LogP contribution in [0.5, 0.6) is 0 Å². The molecule has 3 amide bonds. The number of hydrogen-bond donors (Lipinski definition) is 2. The second-order valence-corrected chi connectivity index (χ2v) is 7.23. The first-order valence-electron chi connectivity index (χ1n) is 9.84. The van der Waals surface area contributed by atoms with Gasteiger partial charge >= 0.3 is 6.03 Å². The number of carbonyl (C=O) groups excluding carboxylic acids is 3. The molecule has 0 spiro atoms. The van der Waals surface area contributed by atoms with Gasteiger partial charge in [0.25, 0.3) is 11.7 Å². The fourth-order valence-corrected chi connectivity index (χ4v) is 3.74. The lowest BCUT2D eigenvalue weighted by Gasteiger charge is -2.36. The third-order valence-electron chi connectivity index (χ3n) is 5.29. The highest BCUT2D eigenvalue weighted by Gasteiger charge is 2.30. The molecule has 32 heavy (non-hydrogen) atoms. The average Bonchev–Trinajstić information content (AvgIpc) is 3.26. The molecule has 0 atom stereocenters. The number of amides is 3. The maximum atomic E-state index is 14.2. The van der Waals surface area contributed by atoms with Gasteiger partial charge in [-0.25, -0.2) is 13.6 Å². The number of benzene rings is 2. The summed E-state index contributed by atoms with van der Waals surface area (Å²) in [5.41, 5.74) is 5.56. The largest absolute Gasteiger partial charge is 0.358 e. The van der Waals surface area contributed by atoms with Gasteiger partial charge in [-0.05, 0) is 12.1 Å². The Hall–Kier alpha value is -4.08. The molecule has 1 aromatic heterocycles. The van der Waals surface area contributed by atoms with Crippen LogP contribution in [0.4, 0.5) is 13.6 Å². The van der Waals surface area contributed by atoms with Crippen molar-refractivity contribution in [3.05, 3.63) is 71.4 Å².